The summed E-state index contributed by atoms with van der Waals surface area (Å²) in [5.74, 6) is -2.28. The molecule has 0 atom stereocenters. The molecule has 148 valence electrons. The monoisotopic (exact) mass is 408 g/mol. The molecule has 1 aliphatic heterocycles. The maximum Gasteiger partial charge on any atom is 0.265 e. The molecule has 1 aliphatic rings. The molecule has 0 saturated carbocycles. The van der Waals surface area contributed by atoms with Crippen molar-refractivity contribution in [2.75, 3.05) is 6.54 Å². The van der Waals surface area contributed by atoms with E-state index in [2.05, 4.69) is 11.9 Å². The van der Waals surface area contributed by atoms with Gasteiger partial charge in [0, 0.05) is 23.6 Å². The minimum atomic E-state index is -1.24. The number of rotatable bonds is 5. The molecule has 2 aromatic rings. The molecule has 1 fully saturated rings. The molecular weight excluding hydrogens is 390 g/mol. The molecule has 1 N–H and O–H groups in total. The van der Waals surface area contributed by atoms with Gasteiger partial charge >= 0.3 is 0 Å². The molecule has 1 aromatic heterocycles. The molecular formula is C21H18N3O4S-. The Labute approximate surface area is 172 Å². The van der Waals surface area contributed by atoms with Gasteiger partial charge in [-0.25, -0.2) is 0 Å². The van der Waals surface area contributed by atoms with Crippen LogP contribution in [0.4, 0.5) is 0 Å². The second-order valence-electron chi connectivity index (χ2n) is 6.52. The summed E-state index contributed by atoms with van der Waals surface area (Å²) >= 11 is 5.06. The minimum Gasteiger partial charge on any atom is -0.545 e. The third-order valence-corrected chi connectivity index (χ3v) is 4.95. The average Bonchev–Trinajstić information content (AvgIpc) is 2.95. The van der Waals surface area contributed by atoms with Gasteiger partial charge in [-0.15, -0.1) is 6.58 Å². The van der Waals surface area contributed by atoms with Crippen LogP contribution in [0.15, 0.2) is 48.6 Å². The minimum absolute atomic E-state index is 0.0204. The second-order valence-corrected chi connectivity index (χ2v) is 6.90. The van der Waals surface area contributed by atoms with Crippen LogP contribution in [0.1, 0.15) is 27.3 Å². The van der Waals surface area contributed by atoms with Crippen LogP contribution in [0.25, 0.3) is 11.8 Å². The topological polar surface area (TPSA) is 94.5 Å². The van der Waals surface area contributed by atoms with Gasteiger partial charge in [-0.2, -0.15) is 0 Å². The number of hydrogen-bond donors (Lipinski definition) is 1. The lowest BCUT2D eigenvalue weighted by Crippen LogP contribution is -2.53. The smallest absolute Gasteiger partial charge is 0.265 e. The summed E-state index contributed by atoms with van der Waals surface area (Å²) in [4.78, 5) is 37.3. The molecule has 1 saturated heterocycles. The Kier molecular flexibility index (Phi) is 5.47. The summed E-state index contributed by atoms with van der Waals surface area (Å²) in [6, 6.07) is 8.12. The van der Waals surface area contributed by atoms with Gasteiger partial charge in [0.2, 0.25) is 0 Å². The molecule has 2 amide bonds. The summed E-state index contributed by atoms with van der Waals surface area (Å²) in [5.41, 5.74) is 3.16. The quantitative estimate of drug-likeness (QED) is 0.348. The summed E-state index contributed by atoms with van der Waals surface area (Å²) in [7, 11) is 0. The van der Waals surface area contributed by atoms with Gasteiger partial charge in [0.1, 0.15) is 5.57 Å². The highest BCUT2D eigenvalue weighted by molar-refractivity contribution is 7.80. The highest BCUT2D eigenvalue weighted by atomic mass is 32.1. The number of carboxylic acid groups (broad SMARTS) is 1. The largest absolute Gasteiger partial charge is 0.545 e. The van der Waals surface area contributed by atoms with E-state index in [0.717, 1.165) is 17.1 Å². The van der Waals surface area contributed by atoms with Crippen LogP contribution in [0.2, 0.25) is 0 Å². The molecule has 0 unspecified atom stereocenters. The van der Waals surface area contributed by atoms with E-state index >= 15 is 0 Å². The Balaban J connectivity index is 2.02. The normalized spacial score (nSPS) is 15.6. The fourth-order valence-electron chi connectivity index (χ4n) is 3.22. The standard InChI is InChI=1S/C21H19N3O4S/c1-4-9-23-19(26)17(18(25)22-21(23)29)11-15-10-12(2)24(13(15)3)16-7-5-14(6-8-16)20(27)28/h4-8,10-11H,1,9H2,2-3H3,(H,27,28)(H,22,25,29)/p-1/b17-11+. The zero-order valence-corrected chi connectivity index (χ0v) is 16.7. The van der Waals surface area contributed by atoms with Crippen LogP contribution >= 0.6 is 12.2 Å². The van der Waals surface area contributed by atoms with Crippen LogP contribution in [0.5, 0.6) is 0 Å². The van der Waals surface area contributed by atoms with Gasteiger partial charge in [-0.05, 0) is 61.5 Å². The molecule has 7 nitrogen and oxygen atoms in total. The van der Waals surface area contributed by atoms with Gasteiger partial charge in [-0.3, -0.25) is 19.8 Å². The van der Waals surface area contributed by atoms with E-state index in [1.54, 1.807) is 12.1 Å². The highest BCUT2D eigenvalue weighted by Crippen LogP contribution is 2.24. The molecule has 0 radical (unpaired) electrons. The lowest BCUT2D eigenvalue weighted by Gasteiger charge is -2.27. The number of carbonyl (C=O) groups excluding carboxylic acids is 3. The molecule has 8 heteroatoms. The van der Waals surface area contributed by atoms with Crippen molar-refractivity contribution >= 4 is 41.2 Å². The van der Waals surface area contributed by atoms with Crippen LogP contribution in [0, 0.1) is 13.8 Å². The average molecular weight is 408 g/mol. The number of hydrogen-bond acceptors (Lipinski definition) is 5. The number of nitrogens with one attached hydrogen (secondary N) is 1. The van der Waals surface area contributed by atoms with E-state index in [0.29, 0.717) is 5.56 Å². The SMILES string of the molecule is C=CCN1C(=O)/C(=C/c2cc(C)n(-c3ccc(C(=O)[O-])cc3)c2C)C(=O)NC1=S. The van der Waals surface area contributed by atoms with E-state index < -0.39 is 17.8 Å². The Morgan fingerprint density at radius 1 is 1.24 bits per heavy atom. The maximum absolute atomic E-state index is 12.7. The number of aryl methyl sites for hydroxylation is 1. The van der Waals surface area contributed by atoms with E-state index in [-0.39, 0.29) is 22.8 Å². The molecule has 0 spiro atoms. The van der Waals surface area contributed by atoms with Crippen molar-refractivity contribution in [2.24, 2.45) is 0 Å². The molecule has 29 heavy (non-hydrogen) atoms. The van der Waals surface area contributed by atoms with E-state index in [1.807, 2.05) is 24.5 Å². The van der Waals surface area contributed by atoms with E-state index in [9.17, 15) is 19.5 Å². The van der Waals surface area contributed by atoms with Gasteiger partial charge in [0.15, 0.2) is 5.11 Å². The van der Waals surface area contributed by atoms with E-state index in [1.165, 1.54) is 29.2 Å². The van der Waals surface area contributed by atoms with Gasteiger partial charge in [0.25, 0.3) is 11.8 Å². The third-order valence-electron chi connectivity index (χ3n) is 4.63. The Bertz CT molecular complexity index is 1080. The lowest BCUT2D eigenvalue weighted by atomic mass is 10.1. The number of carboxylic acids is 1. The number of nitrogens with zero attached hydrogens (tertiary/aromatic N) is 2. The number of thiocarbonyl (C=S) groups is 1. The Hall–Kier alpha value is -3.52. The van der Waals surface area contributed by atoms with Crippen LogP contribution < -0.4 is 10.4 Å². The van der Waals surface area contributed by atoms with Crippen molar-refractivity contribution in [2.45, 2.75) is 13.8 Å². The van der Waals surface area contributed by atoms with Gasteiger partial charge in [-0.1, -0.05) is 18.2 Å². The summed E-state index contributed by atoms with van der Waals surface area (Å²) < 4.78 is 1.91. The maximum atomic E-state index is 12.7. The zero-order valence-electron chi connectivity index (χ0n) is 15.9. The van der Waals surface area contributed by atoms with Crippen molar-refractivity contribution in [1.29, 1.82) is 0 Å². The first-order valence-corrected chi connectivity index (χ1v) is 9.16. The van der Waals surface area contributed by atoms with Crippen LogP contribution in [-0.4, -0.2) is 38.9 Å². The van der Waals surface area contributed by atoms with Crippen LogP contribution in [0.3, 0.4) is 0 Å². The molecule has 0 bridgehead atoms. The first kappa shape index (κ1) is 20.2. The summed E-state index contributed by atoms with van der Waals surface area (Å²) in [6.07, 6.45) is 3.06. The first-order chi connectivity index (χ1) is 13.7. The van der Waals surface area contributed by atoms with E-state index in [4.69, 9.17) is 12.2 Å². The van der Waals surface area contributed by atoms with Gasteiger partial charge < -0.3 is 14.5 Å². The Morgan fingerprint density at radius 3 is 2.48 bits per heavy atom. The van der Waals surface area contributed by atoms with Crippen molar-refractivity contribution in [3.8, 4) is 5.69 Å². The predicted molar refractivity (Wildman–Crippen MR) is 110 cm³/mol. The fourth-order valence-corrected chi connectivity index (χ4v) is 3.47. The number of aromatic nitrogens is 1. The zero-order chi connectivity index (χ0) is 21.3. The third kappa shape index (κ3) is 3.74. The number of benzene rings is 1. The number of carbonyl (C=O) groups is 3. The highest BCUT2D eigenvalue weighted by Gasteiger charge is 2.32. The number of aromatic carboxylic acids is 1. The molecule has 1 aromatic carbocycles. The van der Waals surface area contributed by atoms with Crippen LogP contribution in [-0.2, 0) is 9.59 Å². The fraction of sp³-hybridized carbons (Fsp3) is 0.143. The van der Waals surface area contributed by atoms with Crippen molar-refractivity contribution < 1.29 is 19.5 Å². The Morgan fingerprint density at radius 2 is 1.90 bits per heavy atom. The first-order valence-electron chi connectivity index (χ1n) is 8.75. The second kappa shape index (κ2) is 7.84. The molecule has 2 heterocycles. The summed E-state index contributed by atoms with van der Waals surface area (Å²) in [5, 5.41) is 13.5. The predicted octanol–water partition coefficient (Wildman–Crippen LogP) is 1.27. The van der Waals surface area contributed by atoms with Crippen molar-refractivity contribution in [3.63, 3.8) is 0 Å². The van der Waals surface area contributed by atoms with Gasteiger partial charge in [0.05, 0.1) is 5.97 Å². The summed E-state index contributed by atoms with van der Waals surface area (Å²) in [6.45, 7) is 7.52. The lowest BCUT2D eigenvalue weighted by molar-refractivity contribution is -0.255. The molecule has 3 rings (SSSR count). The van der Waals surface area contributed by atoms with Crippen molar-refractivity contribution in [1.82, 2.24) is 14.8 Å². The molecule has 0 aliphatic carbocycles. The number of amides is 2. The van der Waals surface area contributed by atoms with Crippen molar-refractivity contribution in [3.05, 3.63) is 71.1 Å².